The van der Waals surface area contributed by atoms with E-state index in [1.807, 2.05) is 30.3 Å². The molecule has 0 fully saturated rings. The van der Waals surface area contributed by atoms with Crippen LogP contribution in [0.5, 0.6) is 5.75 Å². The van der Waals surface area contributed by atoms with Crippen molar-refractivity contribution in [3.05, 3.63) is 70.2 Å². The summed E-state index contributed by atoms with van der Waals surface area (Å²) in [6, 6.07) is 16.4. The van der Waals surface area contributed by atoms with Gasteiger partial charge in [-0.15, -0.1) is 10.2 Å². The zero-order valence-electron chi connectivity index (χ0n) is 13.9. The second-order valence-electron chi connectivity index (χ2n) is 5.26. The van der Waals surface area contributed by atoms with Crippen LogP contribution in [0, 0.1) is 0 Å². The highest BCUT2D eigenvalue weighted by Gasteiger charge is 2.17. The zero-order valence-corrected chi connectivity index (χ0v) is 14.7. The summed E-state index contributed by atoms with van der Waals surface area (Å²) in [5.74, 6) is -0.0964. The number of ether oxygens (including phenoxy) is 1. The summed E-state index contributed by atoms with van der Waals surface area (Å²) in [7, 11) is 1.57. The lowest BCUT2D eigenvalue weighted by atomic mass is 10.2. The maximum absolute atomic E-state index is 12.2. The van der Waals surface area contributed by atoms with Gasteiger partial charge in [-0.05, 0) is 29.8 Å². The fraction of sp³-hybridized carbons (Fsp3) is 0.111. The Labute approximate surface area is 154 Å². The quantitative estimate of drug-likeness (QED) is 0.698. The maximum Gasteiger partial charge on any atom is 0.286 e. The standard InChI is InChI=1S/C18H16N4O3S/c1-25-14-9-7-13(8-10-14)20-16(24)18-22-21-17(26-18)15(23)19-11-12-5-3-2-4-6-12/h2-10H,11H2,1H3,(H,19,23)(H,20,24). The molecule has 0 aliphatic heterocycles. The number of nitrogens with one attached hydrogen (secondary N) is 2. The number of methoxy groups -OCH3 is 1. The molecule has 0 radical (unpaired) electrons. The Balaban J connectivity index is 1.59. The van der Waals surface area contributed by atoms with Gasteiger partial charge in [-0.25, -0.2) is 0 Å². The topological polar surface area (TPSA) is 93.2 Å². The van der Waals surface area contributed by atoms with Crippen LogP contribution in [0.15, 0.2) is 54.6 Å². The molecule has 2 aromatic carbocycles. The van der Waals surface area contributed by atoms with Crippen LogP contribution in [-0.4, -0.2) is 29.1 Å². The van der Waals surface area contributed by atoms with Crippen molar-refractivity contribution >= 4 is 28.8 Å². The summed E-state index contributed by atoms with van der Waals surface area (Å²) >= 11 is 0.940. The van der Waals surface area contributed by atoms with Crippen molar-refractivity contribution in [1.82, 2.24) is 15.5 Å². The highest BCUT2D eigenvalue weighted by Crippen LogP contribution is 2.17. The van der Waals surface area contributed by atoms with Gasteiger partial charge in [-0.1, -0.05) is 41.7 Å². The number of hydrogen-bond donors (Lipinski definition) is 2. The summed E-state index contributed by atoms with van der Waals surface area (Å²) < 4.78 is 5.07. The van der Waals surface area contributed by atoms with Gasteiger partial charge in [0.1, 0.15) is 5.75 Å². The van der Waals surface area contributed by atoms with Gasteiger partial charge in [0.15, 0.2) is 0 Å². The molecule has 0 unspecified atom stereocenters. The summed E-state index contributed by atoms with van der Waals surface area (Å²) in [4.78, 5) is 24.4. The molecule has 0 aliphatic rings. The minimum absolute atomic E-state index is 0.116. The van der Waals surface area contributed by atoms with Crippen LogP contribution in [0.25, 0.3) is 0 Å². The Morgan fingerprint density at radius 1 is 0.962 bits per heavy atom. The van der Waals surface area contributed by atoms with Gasteiger partial charge in [0, 0.05) is 12.2 Å². The largest absolute Gasteiger partial charge is 0.497 e. The maximum atomic E-state index is 12.2. The highest BCUT2D eigenvalue weighted by molar-refractivity contribution is 7.15. The molecule has 0 atom stereocenters. The van der Waals surface area contributed by atoms with Crippen molar-refractivity contribution in [1.29, 1.82) is 0 Å². The van der Waals surface area contributed by atoms with E-state index in [0.717, 1.165) is 16.9 Å². The molecule has 0 saturated carbocycles. The smallest absolute Gasteiger partial charge is 0.286 e. The van der Waals surface area contributed by atoms with Gasteiger partial charge in [0.05, 0.1) is 7.11 Å². The predicted molar refractivity (Wildman–Crippen MR) is 98.5 cm³/mol. The molecule has 26 heavy (non-hydrogen) atoms. The molecule has 2 amide bonds. The minimum Gasteiger partial charge on any atom is -0.497 e. The molecule has 0 saturated heterocycles. The first-order chi connectivity index (χ1) is 12.7. The predicted octanol–water partition coefficient (Wildman–Crippen LogP) is 2.73. The van der Waals surface area contributed by atoms with Gasteiger partial charge >= 0.3 is 0 Å². The first-order valence-electron chi connectivity index (χ1n) is 7.77. The molecule has 0 bridgehead atoms. The Hall–Kier alpha value is -3.26. The number of nitrogens with zero attached hydrogens (tertiary/aromatic N) is 2. The fourth-order valence-corrected chi connectivity index (χ4v) is 2.77. The van der Waals surface area contributed by atoms with Gasteiger partial charge in [-0.3, -0.25) is 9.59 Å². The number of rotatable bonds is 6. The van der Waals surface area contributed by atoms with E-state index in [1.54, 1.807) is 31.4 Å². The van der Waals surface area contributed by atoms with Gasteiger partial charge in [0.2, 0.25) is 10.0 Å². The SMILES string of the molecule is COc1ccc(NC(=O)c2nnc(C(=O)NCc3ccccc3)s2)cc1. The summed E-state index contributed by atoms with van der Waals surface area (Å²) in [5.41, 5.74) is 1.57. The third-order valence-electron chi connectivity index (χ3n) is 3.46. The van der Waals surface area contributed by atoms with E-state index in [4.69, 9.17) is 4.74 Å². The van der Waals surface area contributed by atoms with E-state index in [1.165, 1.54) is 0 Å². The lowest BCUT2D eigenvalue weighted by Crippen LogP contribution is -2.22. The molecule has 132 valence electrons. The normalized spacial score (nSPS) is 10.2. The Kier molecular flexibility index (Phi) is 5.55. The van der Waals surface area contributed by atoms with E-state index >= 15 is 0 Å². The van der Waals surface area contributed by atoms with Gasteiger partial charge in [-0.2, -0.15) is 0 Å². The molecule has 2 N–H and O–H groups in total. The van der Waals surface area contributed by atoms with Crippen molar-refractivity contribution in [2.45, 2.75) is 6.54 Å². The average molecular weight is 368 g/mol. The number of benzene rings is 2. The molecule has 7 nitrogen and oxygen atoms in total. The molecule has 8 heteroatoms. The van der Waals surface area contributed by atoms with E-state index in [-0.39, 0.29) is 15.9 Å². The molecule has 0 spiro atoms. The lowest BCUT2D eigenvalue weighted by Gasteiger charge is -2.04. The number of carbonyl (C=O) groups is 2. The summed E-state index contributed by atoms with van der Waals surface area (Å²) in [6.45, 7) is 0.382. The second kappa shape index (κ2) is 8.21. The molecule has 3 aromatic rings. The van der Waals surface area contributed by atoms with Crippen LogP contribution in [0.1, 0.15) is 25.2 Å². The average Bonchev–Trinajstić information content (AvgIpc) is 3.18. The Bertz CT molecular complexity index is 894. The van der Waals surface area contributed by atoms with Crippen LogP contribution in [0.3, 0.4) is 0 Å². The molecule has 3 rings (SSSR count). The van der Waals surface area contributed by atoms with E-state index in [0.29, 0.717) is 18.0 Å². The van der Waals surface area contributed by atoms with Crippen LogP contribution in [0.2, 0.25) is 0 Å². The number of anilines is 1. The summed E-state index contributed by atoms with van der Waals surface area (Å²) in [6.07, 6.45) is 0. The lowest BCUT2D eigenvalue weighted by molar-refractivity contribution is 0.0948. The molecular weight excluding hydrogens is 352 g/mol. The monoisotopic (exact) mass is 368 g/mol. The first kappa shape index (κ1) is 17.6. The van der Waals surface area contributed by atoms with Crippen molar-refractivity contribution in [2.75, 3.05) is 12.4 Å². The molecule has 1 heterocycles. The van der Waals surface area contributed by atoms with Crippen LogP contribution >= 0.6 is 11.3 Å². The third kappa shape index (κ3) is 4.42. The van der Waals surface area contributed by atoms with Crippen LogP contribution in [0.4, 0.5) is 5.69 Å². The van der Waals surface area contributed by atoms with Gasteiger partial charge in [0.25, 0.3) is 11.8 Å². The fourth-order valence-electron chi connectivity index (χ4n) is 2.12. The Morgan fingerprint density at radius 2 is 1.62 bits per heavy atom. The van der Waals surface area contributed by atoms with E-state index < -0.39 is 5.91 Å². The van der Waals surface area contributed by atoms with Crippen LogP contribution < -0.4 is 15.4 Å². The molecule has 1 aromatic heterocycles. The van der Waals surface area contributed by atoms with E-state index in [2.05, 4.69) is 20.8 Å². The zero-order chi connectivity index (χ0) is 18.4. The minimum atomic E-state index is -0.422. The highest BCUT2D eigenvalue weighted by atomic mass is 32.1. The Morgan fingerprint density at radius 3 is 2.27 bits per heavy atom. The number of hydrogen-bond acceptors (Lipinski definition) is 6. The van der Waals surface area contributed by atoms with Gasteiger partial charge < -0.3 is 15.4 Å². The van der Waals surface area contributed by atoms with Crippen molar-refractivity contribution in [2.24, 2.45) is 0 Å². The number of amides is 2. The third-order valence-corrected chi connectivity index (χ3v) is 4.38. The van der Waals surface area contributed by atoms with E-state index in [9.17, 15) is 9.59 Å². The molecular formula is C18H16N4O3S. The van der Waals surface area contributed by atoms with Crippen molar-refractivity contribution in [3.8, 4) is 5.75 Å². The second-order valence-corrected chi connectivity index (χ2v) is 6.24. The van der Waals surface area contributed by atoms with Crippen LogP contribution in [-0.2, 0) is 6.54 Å². The number of aromatic nitrogens is 2. The number of carbonyl (C=O) groups excluding carboxylic acids is 2. The van der Waals surface area contributed by atoms with Crippen molar-refractivity contribution < 1.29 is 14.3 Å². The first-order valence-corrected chi connectivity index (χ1v) is 8.58. The summed E-state index contributed by atoms with van der Waals surface area (Å²) in [5, 5.41) is 13.3. The molecule has 0 aliphatic carbocycles. The van der Waals surface area contributed by atoms with Crippen molar-refractivity contribution in [3.63, 3.8) is 0 Å².